The van der Waals surface area contributed by atoms with Gasteiger partial charge in [0.15, 0.2) is 10.3 Å². The van der Waals surface area contributed by atoms with Crippen molar-refractivity contribution in [3.05, 3.63) is 39.3 Å². The number of anilines is 1. The third-order valence-corrected chi connectivity index (χ3v) is 5.03. The molecule has 0 fully saturated rings. The number of fused-ring (bicyclic) bond motifs is 1. The molecule has 0 bridgehead atoms. The van der Waals surface area contributed by atoms with Gasteiger partial charge in [-0.1, -0.05) is 18.5 Å². The van der Waals surface area contributed by atoms with Gasteiger partial charge < -0.3 is 10.1 Å². The summed E-state index contributed by atoms with van der Waals surface area (Å²) >= 11 is 7.25. The number of aromatic nitrogens is 1. The molecular formula is C16H17ClN2O2S. The van der Waals surface area contributed by atoms with Gasteiger partial charge in [0.1, 0.15) is 11.4 Å². The first-order valence-corrected chi connectivity index (χ1v) is 8.39. The summed E-state index contributed by atoms with van der Waals surface area (Å²) < 4.78 is 6.52. The van der Waals surface area contributed by atoms with E-state index in [1.165, 1.54) is 11.3 Å². The number of carbonyl (C=O) groups is 1. The Morgan fingerprint density at radius 2 is 2.32 bits per heavy atom. The largest absolute Gasteiger partial charge is 0.486 e. The number of halogens is 1. The molecule has 2 aromatic rings. The van der Waals surface area contributed by atoms with Crippen LogP contribution in [0.4, 0.5) is 5.69 Å². The van der Waals surface area contributed by atoms with E-state index in [-0.39, 0.29) is 5.78 Å². The van der Waals surface area contributed by atoms with Gasteiger partial charge in [0.2, 0.25) is 0 Å². The summed E-state index contributed by atoms with van der Waals surface area (Å²) in [7, 11) is 0. The number of nitrogens with zero attached hydrogens (tertiary/aromatic N) is 1. The molecule has 0 spiro atoms. The highest BCUT2D eigenvalue weighted by atomic mass is 35.5. The molecule has 0 radical (unpaired) electrons. The van der Waals surface area contributed by atoms with E-state index < -0.39 is 5.60 Å². The highest BCUT2D eigenvalue weighted by molar-refractivity contribution is 7.15. The number of ketones is 1. The molecule has 1 atom stereocenters. The summed E-state index contributed by atoms with van der Waals surface area (Å²) in [5.74, 6) is 0.807. The van der Waals surface area contributed by atoms with Crippen molar-refractivity contribution in [3.63, 3.8) is 0 Å². The van der Waals surface area contributed by atoms with E-state index in [4.69, 9.17) is 16.3 Å². The molecule has 6 heteroatoms. The molecule has 22 heavy (non-hydrogen) atoms. The predicted octanol–water partition coefficient (Wildman–Crippen LogP) is 4.54. The third-order valence-electron chi connectivity index (χ3n) is 3.91. The molecule has 3 rings (SSSR count). The van der Waals surface area contributed by atoms with Crippen LogP contribution in [0.2, 0.25) is 4.47 Å². The highest BCUT2D eigenvalue weighted by Crippen LogP contribution is 2.36. The first kappa shape index (κ1) is 15.3. The Morgan fingerprint density at radius 1 is 1.50 bits per heavy atom. The third kappa shape index (κ3) is 3.10. The molecule has 2 heterocycles. The van der Waals surface area contributed by atoms with Crippen LogP contribution >= 0.6 is 22.9 Å². The average Bonchev–Trinajstić information content (AvgIpc) is 2.91. The fraction of sp³-hybridized carbons (Fsp3) is 0.375. The average molecular weight is 337 g/mol. The van der Waals surface area contributed by atoms with E-state index in [0.717, 1.165) is 17.0 Å². The van der Waals surface area contributed by atoms with Gasteiger partial charge in [-0.05, 0) is 31.5 Å². The summed E-state index contributed by atoms with van der Waals surface area (Å²) in [5, 5.41) is 3.28. The number of benzene rings is 1. The Kier molecular flexibility index (Phi) is 4.10. The smallest absolute Gasteiger partial charge is 0.183 e. The zero-order valence-electron chi connectivity index (χ0n) is 12.5. The van der Waals surface area contributed by atoms with Crippen molar-refractivity contribution < 1.29 is 9.53 Å². The maximum atomic E-state index is 12.4. The normalized spacial score (nSPS) is 20.4. The van der Waals surface area contributed by atoms with E-state index >= 15 is 0 Å². The molecule has 0 aliphatic carbocycles. The van der Waals surface area contributed by atoms with Gasteiger partial charge in [-0.25, -0.2) is 4.98 Å². The quantitative estimate of drug-likeness (QED) is 0.890. The summed E-state index contributed by atoms with van der Waals surface area (Å²) in [6.45, 7) is 4.65. The Bertz CT molecular complexity index is 716. The molecule has 1 aliphatic rings. The molecule has 1 aromatic carbocycles. The second kappa shape index (κ2) is 5.89. The van der Waals surface area contributed by atoms with Gasteiger partial charge in [-0.3, -0.25) is 4.79 Å². The zero-order valence-corrected chi connectivity index (χ0v) is 14.1. The maximum absolute atomic E-state index is 12.4. The van der Waals surface area contributed by atoms with Crippen LogP contribution in [0.3, 0.4) is 0 Å². The van der Waals surface area contributed by atoms with Crippen molar-refractivity contribution in [2.45, 2.75) is 38.8 Å². The van der Waals surface area contributed by atoms with Crippen LogP contribution in [-0.4, -0.2) is 16.4 Å². The minimum Gasteiger partial charge on any atom is -0.486 e. The SMILES string of the molecule is CCC1(C)CC(=O)c2cc(NCc3cnc(Cl)s3)ccc2O1. The first-order valence-electron chi connectivity index (χ1n) is 7.19. The lowest BCUT2D eigenvalue weighted by Crippen LogP contribution is -2.38. The fourth-order valence-corrected chi connectivity index (χ4v) is 3.35. The molecule has 0 saturated carbocycles. The first-order chi connectivity index (χ1) is 10.5. The van der Waals surface area contributed by atoms with Crippen molar-refractivity contribution in [1.29, 1.82) is 0 Å². The number of hydrogen-bond donors (Lipinski definition) is 1. The Balaban J connectivity index is 1.77. The minimum absolute atomic E-state index is 0.134. The predicted molar refractivity (Wildman–Crippen MR) is 89.2 cm³/mol. The molecular weight excluding hydrogens is 320 g/mol. The van der Waals surface area contributed by atoms with E-state index in [1.54, 1.807) is 6.20 Å². The summed E-state index contributed by atoms with van der Waals surface area (Å²) in [6.07, 6.45) is 2.98. The second-order valence-corrected chi connectivity index (χ2v) is 7.35. The van der Waals surface area contributed by atoms with Crippen LogP contribution in [0.15, 0.2) is 24.4 Å². The maximum Gasteiger partial charge on any atom is 0.183 e. The van der Waals surface area contributed by atoms with Gasteiger partial charge in [-0.15, -0.1) is 11.3 Å². The Labute approximate surface area is 138 Å². The van der Waals surface area contributed by atoms with Crippen molar-refractivity contribution >= 4 is 34.4 Å². The molecule has 1 aromatic heterocycles. The highest BCUT2D eigenvalue weighted by Gasteiger charge is 2.35. The van der Waals surface area contributed by atoms with Crippen molar-refractivity contribution in [2.75, 3.05) is 5.32 Å². The molecule has 1 N–H and O–H groups in total. The number of nitrogens with one attached hydrogen (secondary N) is 1. The van der Waals surface area contributed by atoms with Crippen LogP contribution in [0.5, 0.6) is 5.75 Å². The van der Waals surface area contributed by atoms with Crippen LogP contribution in [0.1, 0.15) is 41.9 Å². The van der Waals surface area contributed by atoms with Crippen LogP contribution in [0.25, 0.3) is 0 Å². The lowest BCUT2D eigenvalue weighted by atomic mass is 9.89. The lowest BCUT2D eigenvalue weighted by Gasteiger charge is -2.34. The Hall–Kier alpha value is -1.59. The lowest BCUT2D eigenvalue weighted by molar-refractivity contribution is 0.0499. The molecule has 116 valence electrons. The Morgan fingerprint density at radius 3 is 3.00 bits per heavy atom. The number of Topliss-reactive ketones (excluding diaryl/α,β-unsaturated/α-hetero) is 1. The number of thiazole rings is 1. The van der Waals surface area contributed by atoms with Gasteiger partial charge in [0, 0.05) is 16.8 Å². The van der Waals surface area contributed by atoms with Crippen molar-refractivity contribution in [1.82, 2.24) is 4.98 Å². The number of ether oxygens (including phenoxy) is 1. The molecule has 1 aliphatic heterocycles. The molecule has 0 saturated heterocycles. The van der Waals surface area contributed by atoms with Crippen LogP contribution in [-0.2, 0) is 6.54 Å². The second-order valence-electron chi connectivity index (χ2n) is 5.65. The number of rotatable bonds is 4. The van der Waals surface area contributed by atoms with Crippen LogP contribution in [0, 0.1) is 0 Å². The summed E-state index contributed by atoms with van der Waals surface area (Å²) in [6, 6.07) is 5.65. The minimum atomic E-state index is -0.390. The van der Waals surface area contributed by atoms with E-state index in [0.29, 0.717) is 28.7 Å². The van der Waals surface area contributed by atoms with Gasteiger partial charge in [0.05, 0.1) is 18.5 Å². The zero-order chi connectivity index (χ0) is 15.7. The summed E-state index contributed by atoms with van der Waals surface area (Å²) in [4.78, 5) is 17.4. The fourth-order valence-electron chi connectivity index (χ4n) is 2.43. The van der Waals surface area contributed by atoms with Gasteiger partial charge in [0.25, 0.3) is 0 Å². The topological polar surface area (TPSA) is 51.2 Å². The van der Waals surface area contributed by atoms with Crippen LogP contribution < -0.4 is 10.1 Å². The van der Waals surface area contributed by atoms with E-state index in [2.05, 4.69) is 10.3 Å². The van der Waals surface area contributed by atoms with Crippen molar-refractivity contribution in [3.8, 4) is 5.75 Å². The van der Waals surface area contributed by atoms with Gasteiger partial charge >= 0.3 is 0 Å². The number of hydrogen-bond acceptors (Lipinski definition) is 5. The monoisotopic (exact) mass is 336 g/mol. The molecule has 0 amide bonds. The molecule has 4 nitrogen and oxygen atoms in total. The number of carbonyl (C=O) groups excluding carboxylic acids is 1. The van der Waals surface area contributed by atoms with Gasteiger partial charge in [-0.2, -0.15) is 0 Å². The van der Waals surface area contributed by atoms with E-state index in [1.807, 2.05) is 32.0 Å². The molecule has 1 unspecified atom stereocenters. The summed E-state index contributed by atoms with van der Waals surface area (Å²) in [5.41, 5.74) is 1.15. The van der Waals surface area contributed by atoms with E-state index in [9.17, 15) is 4.79 Å². The standard InChI is InChI=1S/C16H17ClN2O2S/c1-3-16(2)7-13(20)12-6-10(4-5-14(12)21-16)18-8-11-9-19-15(17)22-11/h4-6,9,18H,3,7-8H2,1-2H3. The van der Waals surface area contributed by atoms with Crippen molar-refractivity contribution in [2.24, 2.45) is 0 Å².